The van der Waals surface area contributed by atoms with E-state index in [1.54, 1.807) is 30.7 Å². The van der Waals surface area contributed by atoms with Gasteiger partial charge in [0.2, 0.25) is 5.88 Å². The van der Waals surface area contributed by atoms with Crippen molar-refractivity contribution in [1.29, 1.82) is 0 Å². The predicted molar refractivity (Wildman–Crippen MR) is 57.8 cm³/mol. The van der Waals surface area contributed by atoms with Crippen LogP contribution in [0.3, 0.4) is 0 Å². The van der Waals surface area contributed by atoms with Gasteiger partial charge in [-0.25, -0.2) is 4.98 Å². The number of hydrogen-bond acceptors (Lipinski definition) is 3. The molecule has 0 aromatic carbocycles. The van der Waals surface area contributed by atoms with Gasteiger partial charge in [0.25, 0.3) is 0 Å². The summed E-state index contributed by atoms with van der Waals surface area (Å²) in [5.74, 6) is 0.520. The van der Waals surface area contributed by atoms with Crippen LogP contribution in [0.4, 0.5) is 0 Å². The Morgan fingerprint density at radius 2 is 2.20 bits per heavy atom. The summed E-state index contributed by atoms with van der Waals surface area (Å²) in [6.45, 7) is 0.446. The third kappa shape index (κ3) is 2.92. The molecular weight excluding hydrogens is 212 g/mol. The molecule has 0 amide bonds. The molecule has 0 radical (unpaired) electrons. The van der Waals surface area contributed by atoms with Gasteiger partial charge in [-0.05, 0) is 12.1 Å². The lowest BCUT2D eigenvalue weighted by Gasteiger charge is -2.04. The topological polar surface area (TPSA) is 35.0 Å². The van der Waals surface area contributed by atoms with E-state index in [9.17, 15) is 0 Å². The van der Waals surface area contributed by atoms with Gasteiger partial charge in [0.05, 0.1) is 0 Å². The highest BCUT2D eigenvalue weighted by Crippen LogP contribution is 2.14. The summed E-state index contributed by atoms with van der Waals surface area (Å²) in [7, 11) is 0. The van der Waals surface area contributed by atoms with Crippen LogP contribution in [0.5, 0.6) is 5.88 Å². The van der Waals surface area contributed by atoms with Crippen LogP contribution in [0.25, 0.3) is 0 Å². The van der Waals surface area contributed by atoms with Gasteiger partial charge in [-0.15, -0.1) is 0 Å². The molecule has 0 aliphatic rings. The molecule has 3 nitrogen and oxygen atoms in total. The van der Waals surface area contributed by atoms with Crippen LogP contribution in [0.1, 0.15) is 5.56 Å². The second-order valence-electron chi connectivity index (χ2n) is 2.96. The number of aromatic nitrogens is 2. The van der Waals surface area contributed by atoms with E-state index in [-0.39, 0.29) is 0 Å². The zero-order valence-corrected chi connectivity index (χ0v) is 8.69. The molecule has 4 heteroatoms. The van der Waals surface area contributed by atoms with Crippen LogP contribution < -0.4 is 4.74 Å². The van der Waals surface area contributed by atoms with Crippen molar-refractivity contribution in [2.45, 2.75) is 6.61 Å². The van der Waals surface area contributed by atoms with E-state index < -0.39 is 0 Å². The third-order valence-electron chi connectivity index (χ3n) is 1.81. The highest BCUT2D eigenvalue weighted by Gasteiger charge is 1.97. The average molecular weight is 221 g/mol. The first kappa shape index (κ1) is 9.93. The zero-order valence-electron chi connectivity index (χ0n) is 7.93. The quantitative estimate of drug-likeness (QED) is 0.798. The zero-order chi connectivity index (χ0) is 10.5. The molecule has 2 heterocycles. The van der Waals surface area contributed by atoms with E-state index in [1.807, 2.05) is 12.1 Å². The molecule has 0 bridgehead atoms. The first-order valence-corrected chi connectivity index (χ1v) is 4.85. The maximum atomic E-state index is 5.79. The maximum absolute atomic E-state index is 5.79. The molecule has 0 fully saturated rings. The number of nitrogens with zero attached hydrogens (tertiary/aromatic N) is 2. The summed E-state index contributed by atoms with van der Waals surface area (Å²) in [5.41, 5.74) is 0.999. The molecule has 0 aliphatic carbocycles. The second kappa shape index (κ2) is 4.75. The smallest absolute Gasteiger partial charge is 0.215 e. The van der Waals surface area contributed by atoms with Crippen molar-refractivity contribution in [3.05, 3.63) is 53.4 Å². The van der Waals surface area contributed by atoms with Crippen molar-refractivity contribution in [1.82, 2.24) is 9.97 Å². The summed E-state index contributed by atoms with van der Waals surface area (Å²) in [6, 6.07) is 7.19. The van der Waals surface area contributed by atoms with E-state index in [0.29, 0.717) is 17.5 Å². The standard InChI is InChI=1S/C11H9ClN2O/c12-10-3-5-14-11(6-10)15-8-9-2-1-4-13-7-9/h1-7H,8H2. The SMILES string of the molecule is Clc1ccnc(OCc2cccnc2)c1. The Morgan fingerprint density at radius 1 is 1.27 bits per heavy atom. The van der Waals surface area contributed by atoms with Crippen LogP contribution in [-0.4, -0.2) is 9.97 Å². The molecule has 0 spiro atoms. The van der Waals surface area contributed by atoms with Gasteiger partial charge in [0.1, 0.15) is 6.61 Å². The summed E-state index contributed by atoms with van der Waals surface area (Å²) in [4.78, 5) is 8.02. The van der Waals surface area contributed by atoms with Gasteiger partial charge in [-0.3, -0.25) is 4.98 Å². The first-order chi connectivity index (χ1) is 7.34. The van der Waals surface area contributed by atoms with E-state index in [4.69, 9.17) is 16.3 Å². The minimum atomic E-state index is 0.446. The Labute approximate surface area is 92.7 Å². The molecule has 2 rings (SSSR count). The van der Waals surface area contributed by atoms with E-state index in [2.05, 4.69) is 9.97 Å². The second-order valence-corrected chi connectivity index (χ2v) is 3.40. The lowest BCUT2D eigenvalue weighted by molar-refractivity contribution is 0.293. The Bertz CT molecular complexity index is 434. The minimum absolute atomic E-state index is 0.446. The molecule has 2 aromatic rings. The van der Waals surface area contributed by atoms with Gasteiger partial charge in [-0.2, -0.15) is 0 Å². The number of pyridine rings is 2. The maximum Gasteiger partial charge on any atom is 0.215 e. The Hall–Kier alpha value is -1.61. The monoisotopic (exact) mass is 220 g/mol. The number of ether oxygens (including phenoxy) is 1. The van der Waals surface area contributed by atoms with Crippen LogP contribution in [0.15, 0.2) is 42.9 Å². The molecule has 15 heavy (non-hydrogen) atoms. The molecule has 76 valence electrons. The van der Waals surface area contributed by atoms with Crippen LogP contribution in [0, 0.1) is 0 Å². The van der Waals surface area contributed by atoms with Crippen LogP contribution in [-0.2, 0) is 6.61 Å². The van der Waals surface area contributed by atoms with Crippen molar-refractivity contribution in [3.8, 4) is 5.88 Å². The van der Waals surface area contributed by atoms with Crippen LogP contribution in [0.2, 0.25) is 5.02 Å². The Morgan fingerprint density at radius 3 is 2.93 bits per heavy atom. The fraction of sp³-hybridized carbons (Fsp3) is 0.0909. The molecular formula is C11H9ClN2O. The summed E-state index contributed by atoms with van der Waals surface area (Å²) >= 11 is 5.79. The molecule has 0 unspecified atom stereocenters. The summed E-state index contributed by atoms with van der Waals surface area (Å²) in [6.07, 6.45) is 5.09. The molecule has 0 N–H and O–H groups in total. The summed E-state index contributed by atoms with van der Waals surface area (Å²) in [5, 5.41) is 0.617. The van der Waals surface area contributed by atoms with Gasteiger partial charge >= 0.3 is 0 Å². The van der Waals surface area contributed by atoms with Gasteiger partial charge in [0, 0.05) is 35.2 Å². The number of hydrogen-bond donors (Lipinski definition) is 0. The van der Waals surface area contributed by atoms with Crippen LogP contribution >= 0.6 is 11.6 Å². The fourth-order valence-corrected chi connectivity index (χ4v) is 1.25. The van der Waals surface area contributed by atoms with Crippen molar-refractivity contribution in [2.75, 3.05) is 0 Å². The molecule has 0 saturated heterocycles. The Kier molecular flexibility index (Phi) is 3.15. The number of rotatable bonds is 3. The lowest BCUT2D eigenvalue weighted by Crippen LogP contribution is -1.97. The predicted octanol–water partition coefficient (Wildman–Crippen LogP) is 2.71. The lowest BCUT2D eigenvalue weighted by atomic mass is 10.3. The van der Waals surface area contributed by atoms with Crippen molar-refractivity contribution in [3.63, 3.8) is 0 Å². The normalized spacial score (nSPS) is 9.93. The molecule has 0 saturated carbocycles. The molecule has 2 aromatic heterocycles. The van der Waals surface area contributed by atoms with Gasteiger partial charge in [0.15, 0.2) is 0 Å². The van der Waals surface area contributed by atoms with Crippen molar-refractivity contribution >= 4 is 11.6 Å². The summed E-state index contributed by atoms with van der Waals surface area (Å²) < 4.78 is 5.44. The highest BCUT2D eigenvalue weighted by atomic mass is 35.5. The largest absolute Gasteiger partial charge is 0.473 e. The average Bonchev–Trinajstić information content (AvgIpc) is 2.28. The van der Waals surface area contributed by atoms with Crippen molar-refractivity contribution < 1.29 is 4.74 Å². The van der Waals surface area contributed by atoms with Crippen molar-refractivity contribution in [2.24, 2.45) is 0 Å². The molecule has 0 atom stereocenters. The highest BCUT2D eigenvalue weighted by molar-refractivity contribution is 6.30. The number of halogens is 1. The van der Waals surface area contributed by atoms with E-state index in [0.717, 1.165) is 5.56 Å². The first-order valence-electron chi connectivity index (χ1n) is 4.48. The Balaban J connectivity index is 1.99. The van der Waals surface area contributed by atoms with E-state index in [1.165, 1.54) is 0 Å². The van der Waals surface area contributed by atoms with E-state index >= 15 is 0 Å². The minimum Gasteiger partial charge on any atom is -0.473 e. The third-order valence-corrected chi connectivity index (χ3v) is 2.04. The van der Waals surface area contributed by atoms with Gasteiger partial charge < -0.3 is 4.74 Å². The fourth-order valence-electron chi connectivity index (χ4n) is 1.10. The molecule has 0 aliphatic heterocycles. The van der Waals surface area contributed by atoms with Gasteiger partial charge in [-0.1, -0.05) is 17.7 Å².